The Morgan fingerprint density at radius 3 is 1.85 bits per heavy atom. The van der Waals surface area contributed by atoms with Crippen LogP contribution < -0.4 is 0 Å². The van der Waals surface area contributed by atoms with E-state index in [2.05, 4.69) is 48.5 Å². The van der Waals surface area contributed by atoms with Crippen LogP contribution in [0.1, 0.15) is 60.8 Å². The molecule has 1 radical (unpaired) electrons. The Bertz CT molecular complexity index is 137. The first kappa shape index (κ1) is 13.0. The summed E-state index contributed by atoms with van der Waals surface area (Å²) in [6, 6.07) is 0. The lowest BCUT2D eigenvalue weighted by Crippen LogP contribution is -2.22. The number of rotatable bonds is 4. The summed E-state index contributed by atoms with van der Waals surface area (Å²) in [7, 11) is 0. The lowest BCUT2D eigenvalue weighted by Gasteiger charge is -2.34. The fourth-order valence-electron chi connectivity index (χ4n) is 2.55. The quantitative estimate of drug-likeness (QED) is 0.592. The molecule has 79 valence electrons. The third-order valence-corrected chi connectivity index (χ3v) is 2.40. The minimum atomic E-state index is 0.449. The van der Waals surface area contributed by atoms with E-state index in [1.807, 2.05) is 0 Å². The van der Waals surface area contributed by atoms with Crippen LogP contribution >= 0.6 is 0 Å². The fourth-order valence-corrected chi connectivity index (χ4v) is 2.55. The van der Waals surface area contributed by atoms with Gasteiger partial charge in [0, 0.05) is 0 Å². The van der Waals surface area contributed by atoms with Gasteiger partial charge in [-0.05, 0) is 29.6 Å². The minimum Gasteiger partial charge on any atom is -0.0625 e. The second-order valence-electron chi connectivity index (χ2n) is 6.50. The average molecular weight is 183 g/mol. The topological polar surface area (TPSA) is 0 Å². The Labute approximate surface area is 85.1 Å². The lowest BCUT2D eigenvalue weighted by molar-refractivity contribution is 0.175. The Morgan fingerprint density at radius 2 is 1.54 bits per heavy atom. The standard InChI is InChI=1S/C13H27/c1-8-11(2)9-13(6,7)10-12(3,4)5/h11H,1,8-10H2,2-7H3. The van der Waals surface area contributed by atoms with E-state index >= 15 is 0 Å². The van der Waals surface area contributed by atoms with Gasteiger partial charge < -0.3 is 0 Å². The van der Waals surface area contributed by atoms with E-state index in [0.29, 0.717) is 10.8 Å². The molecule has 0 aromatic heterocycles. The predicted molar refractivity (Wildman–Crippen MR) is 61.6 cm³/mol. The zero-order chi connectivity index (χ0) is 10.7. The molecular weight excluding hydrogens is 156 g/mol. The second-order valence-corrected chi connectivity index (χ2v) is 6.50. The first-order valence-electron chi connectivity index (χ1n) is 5.45. The first-order chi connectivity index (χ1) is 5.66. The van der Waals surface area contributed by atoms with E-state index in [9.17, 15) is 0 Å². The summed E-state index contributed by atoms with van der Waals surface area (Å²) in [5, 5.41) is 0. The predicted octanol–water partition coefficient (Wildman–Crippen LogP) is 4.70. The monoisotopic (exact) mass is 183 g/mol. The molecular formula is C13H27. The normalized spacial score (nSPS) is 15.9. The minimum absolute atomic E-state index is 0.449. The summed E-state index contributed by atoms with van der Waals surface area (Å²) in [4.78, 5) is 0. The van der Waals surface area contributed by atoms with Gasteiger partial charge in [0.1, 0.15) is 0 Å². The van der Waals surface area contributed by atoms with Gasteiger partial charge in [-0.1, -0.05) is 54.9 Å². The highest BCUT2D eigenvalue weighted by Crippen LogP contribution is 2.38. The smallest absolute Gasteiger partial charge is 0.0347 e. The Balaban J connectivity index is 4.08. The van der Waals surface area contributed by atoms with E-state index in [1.54, 1.807) is 0 Å². The van der Waals surface area contributed by atoms with Gasteiger partial charge >= 0.3 is 0 Å². The van der Waals surface area contributed by atoms with Crippen molar-refractivity contribution in [2.75, 3.05) is 0 Å². The van der Waals surface area contributed by atoms with Crippen molar-refractivity contribution in [3.05, 3.63) is 6.92 Å². The third kappa shape index (κ3) is 7.10. The number of hydrogen-bond donors (Lipinski definition) is 0. The van der Waals surface area contributed by atoms with Crippen LogP contribution in [0.3, 0.4) is 0 Å². The van der Waals surface area contributed by atoms with Crippen molar-refractivity contribution in [2.45, 2.75) is 60.8 Å². The van der Waals surface area contributed by atoms with E-state index in [1.165, 1.54) is 12.8 Å². The SMILES string of the molecule is [CH2]CC(C)CC(C)(C)CC(C)(C)C. The summed E-state index contributed by atoms with van der Waals surface area (Å²) < 4.78 is 0. The highest BCUT2D eigenvalue weighted by molar-refractivity contribution is 4.78. The highest BCUT2D eigenvalue weighted by atomic mass is 14.3. The molecule has 1 unspecified atom stereocenters. The summed E-state index contributed by atoms with van der Waals surface area (Å²) in [5.41, 5.74) is 0.916. The van der Waals surface area contributed by atoms with E-state index in [-0.39, 0.29) is 0 Å². The maximum Gasteiger partial charge on any atom is -0.0347 e. The van der Waals surface area contributed by atoms with Gasteiger partial charge in [-0.2, -0.15) is 0 Å². The van der Waals surface area contributed by atoms with Gasteiger partial charge in [-0.15, -0.1) is 0 Å². The summed E-state index contributed by atoms with van der Waals surface area (Å²) in [5.74, 6) is 0.761. The molecule has 0 rings (SSSR count). The summed E-state index contributed by atoms with van der Waals surface area (Å²) >= 11 is 0. The van der Waals surface area contributed by atoms with E-state index < -0.39 is 0 Å². The van der Waals surface area contributed by atoms with E-state index in [0.717, 1.165) is 12.3 Å². The highest BCUT2D eigenvalue weighted by Gasteiger charge is 2.26. The molecule has 0 N–H and O–H groups in total. The molecule has 0 aliphatic rings. The van der Waals surface area contributed by atoms with Crippen molar-refractivity contribution in [1.29, 1.82) is 0 Å². The molecule has 0 amide bonds. The summed E-state index contributed by atoms with van der Waals surface area (Å²) in [6.45, 7) is 18.0. The molecule has 0 aliphatic carbocycles. The molecule has 13 heavy (non-hydrogen) atoms. The van der Waals surface area contributed by atoms with Gasteiger partial charge in [0.05, 0.1) is 0 Å². The second kappa shape index (κ2) is 4.48. The maximum atomic E-state index is 3.97. The summed E-state index contributed by atoms with van der Waals surface area (Å²) in [6.07, 6.45) is 3.66. The van der Waals surface area contributed by atoms with Crippen molar-refractivity contribution in [3.8, 4) is 0 Å². The Morgan fingerprint density at radius 1 is 1.08 bits per heavy atom. The molecule has 0 spiro atoms. The van der Waals surface area contributed by atoms with Gasteiger partial charge in [-0.25, -0.2) is 0 Å². The van der Waals surface area contributed by atoms with Crippen LogP contribution in [-0.4, -0.2) is 0 Å². The first-order valence-corrected chi connectivity index (χ1v) is 5.45. The van der Waals surface area contributed by atoms with Crippen LogP contribution in [0.5, 0.6) is 0 Å². The van der Waals surface area contributed by atoms with Crippen molar-refractivity contribution >= 4 is 0 Å². The van der Waals surface area contributed by atoms with Gasteiger partial charge in [0.2, 0.25) is 0 Å². The van der Waals surface area contributed by atoms with Crippen molar-refractivity contribution in [1.82, 2.24) is 0 Å². The van der Waals surface area contributed by atoms with Crippen LogP contribution in [0, 0.1) is 23.7 Å². The fraction of sp³-hybridized carbons (Fsp3) is 0.923. The Hall–Kier alpha value is 0. The third-order valence-electron chi connectivity index (χ3n) is 2.40. The van der Waals surface area contributed by atoms with Crippen LogP contribution in [0.15, 0.2) is 0 Å². The maximum absolute atomic E-state index is 3.97. The Kier molecular flexibility index (Phi) is 4.48. The van der Waals surface area contributed by atoms with Crippen LogP contribution in [0.4, 0.5) is 0 Å². The van der Waals surface area contributed by atoms with Gasteiger partial charge in [-0.3, -0.25) is 0 Å². The van der Waals surface area contributed by atoms with Crippen LogP contribution in [-0.2, 0) is 0 Å². The van der Waals surface area contributed by atoms with E-state index in [4.69, 9.17) is 0 Å². The molecule has 0 nitrogen and oxygen atoms in total. The molecule has 0 aromatic carbocycles. The molecule has 0 bridgehead atoms. The average Bonchev–Trinajstić information content (AvgIpc) is 1.80. The zero-order valence-electron chi connectivity index (χ0n) is 10.4. The molecule has 0 saturated heterocycles. The molecule has 1 atom stereocenters. The molecule has 0 aliphatic heterocycles. The molecule has 0 fully saturated rings. The van der Waals surface area contributed by atoms with Crippen LogP contribution in [0.25, 0.3) is 0 Å². The molecule has 0 aromatic rings. The molecule has 0 heterocycles. The number of hydrogen-bond acceptors (Lipinski definition) is 0. The van der Waals surface area contributed by atoms with Crippen LogP contribution in [0.2, 0.25) is 0 Å². The zero-order valence-corrected chi connectivity index (χ0v) is 10.4. The van der Waals surface area contributed by atoms with Crippen molar-refractivity contribution < 1.29 is 0 Å². The van der Waals surface area contributed by atoms with Gasteiger partial charge in [0.15, 0.2) is 0 Å². The molecule has 0 saturated carbocycles. The van der Waals surface area contributed by atoms with Crippen molar-refractivity contribution in [2.24, 2.45) is 16.7 Å². The van der Waals surface area contributed by atoms with Gasteiger partial charge in [0.25, 0.3) is 0 Å². The molecule has 0 heteroatoms. The largest absolute Gasteiger partial charge is 0.0625 e. The van der Waals surface area contributed by atoms with Crippen molar-refractivity contribution in [3.63, 3.8) is 0 Å². The lowest BCUT2D eigenvalue weighted by atomic mass is 9.72.